The van der Waals surface area contributed by atoms with Gasteiger partial charge in [0.25, 0.3) is 5.91 Å². The standard InChI is InChI=1S/C18H21N3O4S/c1-11(14(22)20-17(24)21-18(2,3)4)25-16(23)13-10-26-15(19-13)12-8-6-5-7-9-12/h5-11H,1-4H3,(H2,20,21,22,24)/t11-/m1/s1. The van der Waals surface area contributed by atoms with Crippen LogP contribution in [0.5, 0.6) is 0 Å². The number of carbonyl (C=O) groups excluding carboxylic acids is 3. The molecule has 0 radical (unpaired) electrons. The summed E-state index contributed by atoms with van der Waals surface area (Å²) in [5.41, 5.74) is 0.521. The molecular formula is C18H21N3O4S. The lowest BCUT2D eigenvalue weighted by molar-refractivity contribution is -0.127. The van der Waals surface area contributed by atoms with Crippen LogP contribution in [0.3, 0.4) is 0 Å². The van der Waals surface area contributed by atoms with Crippen molar-refractivity contribution in [3.8, 4) is 10.6 Å². The number of ether oxygens (including phenoxy) is 1. The number of urea groups is 1. The van der Waals surface area contributed by atoms with Crippen LogP contribution >= 0.6 is 11.3 Å². The Kier molecular flexibility index (Phi) is 6.10. The summed E-state index contributed by atoms with van der Waals surface area (Å²) < 4.78 is 5.09. The van der Waals surface area contributed by atoms with Crippen molar-refractivity contribution in [3.63, 3.8) is 0 Å². The van der Waals surface area contributed by atoms with E-state index in [2.05, 4.69) is 15.6 Å². The lowest BCUT2D eigenvalue weighted by Crippen LogP contribution is -2.50. The predicted molar refractivity (Wildman–Crippen MR) is 98.9 cm³/mol. The number of aromatic nitrogens is 1. The molecule has 0 bridgehead atoms. The minimum Gasteiger partial charge on any atom is -0.448 e. The Morgan fingerprint density at radius 3 is 2.42 bits per heavy atom. The Labute approximate surface area is 155 Å². The molecule has 1 atom stereocenters. The molecule has 0 fully saturated rings. The highest BCUT2D eigenvalue weighted by Gasteiger charge is 2.23. The number of hydrogen-bond acceptors (Lipinski definition) is 6. The minimum absolute atomic E-state index is 0.118. The Balaban J connectivity index is 1.94. The second-order valence-corrected chi connectivity index (χ2v) is 7.50. The van der Waals surface area contributed by atoms with E-state index >= 15 is 0 Å². The van der Waals surface area contributed by atoms with Crippen LogP contribution in [-0.4, -0.2) is 34.5 Å². The van der Waals surface area contributed by atoms with Crippen molar-refractivity contribution in [2.24, 2.45) is 0 Å². The van der Waals surface area contributed by atoms with Crippen LogP contribution in [0.15, 0.2) is 35.7 Å². The molecule has 0 aliphatic carbocycles. The van der Waals surface area contributed by atoms with Crippen LogP contribution in [0.25, 0.3) is 10.6 Å². The van der Waals surface area contributed by atoms with E-state index in [1.165, 1.54) is 18.3 Å². The molecule has 0 saturated heterocycles. The summed E-state index contributed by atoms with van der Waals surface area (Å²) in [7, 11) is 0. The third kappa shape index (κ3) is 5.66. The van der Waals surface area contributed by atoms with E-state index in [-0.39, 0.29) is 5.69 Å². The molecule has 1 aromatic carbocycles. The average molecular weight is 375 g/mol. The lowest BCUT2D eigenvalue weighted by atomic mass is 10.1. The van der Waals surface area contributed by atoms with Crippen LogP contribution in [0.1, 0.15) is 38.2 Å². The fourth-order valence-electron chi connectivity index (χ4n) is 1.94. The number of amides is 3. The smallest absolute Gasteiger partial charge is 0.358 e. The fourth-order valence-corrected chi connectivity index (χ4v) is 2.74. The van der Waals surface area contributed by atoms with Gasteiger partial charge >= 0.3 is 12.0 Å². The zero-order chi connectivity index (χ0) is 19.3. The summed E-state index contributed by atoms with van der Waals surface area (Å²) in [5, 5.41) is 6.98. The van der Waals surface area contributed by atoms with Gasteiger partial charge in [-0.2, -0.15) is 0 Å². The molecule has 26 heavy (non-hydrogen) atoms. The Hall–Kier alpha value is -2.74. The van der Waals surface area contributed by atoms with Gasteiger partial charge in [-0.3, -0.25) is 10.1 Å². The molecule has 8 heteroatoms. The third-order valence-corrected chi connectivity index (χ3v) is 4.00. The molecule has 0 unspecified atom stereocenters. The van der Waals surface area contributed by atoms with Gasteiger partial charge in [0.2, 0.25) is 0 Å². The Morgan fingerprint density at radius 2 is 1.81 bits per heavy atom. The van der Waals surface area contributed by atoms with Gasteiger partial charge in [0.1, 0.15) is 5.01 Å². The van der Waals surface area contributed by atoms with Crippen LogP contribution in [0, 0.1) is 0 Å². The second kappa shape index (κ2) is 8.09. The largest absolute Gasteiger partial charge is 0.448 e. The van der Waals surface area contributed by atoms with Crippen LogP contribution in [-0.2, 0) is 9.53 Å². The van der Waals surface area contributed by atoms with Crippen molar-refractivity contribution in [1.29, 1.82) is 0 Å². The van der Waals surface area contributed by atoms with E-state index in [0.29, 0.717) is 5.01 Å². The maximum absolute atomic E-state index is 12.2. The molecule has 0 aliphatic rings. The van der Waals surface area contributed by atoms with Crippen molar-refractivity contribution < 1.29 is 19.1 Å². The summed E-state index contributed by atoms with van der Waals surface area (Å²) >= 11 is 1.31. The van der Waals surface area contributed by atoms with Gasteiger partial charge in [-0.25, -0.2) is 14.6 Å². The number of thiazole rings is 1. The van der Waals surface area contributed by atoms with Gasteiger partial charge < -0.3 is 10.1 Å². The van der Waals surface area contributed by atoms with E-state index in [0.717, 1.165) is 5.56 Å². The maximum Gasteiger partial charge on any atom is 0.358 e. The number of carbonyl (C=O) groups is 3. The van der Waals surface area contributed by atoms with Crippen LogP contribution < -0.4 is 10.6 Å². The highest BCUT2D eigenvalue weighted by molar-refractivity contribution is 7.13. The summed E-state index contributed by atoms with van der Waals surface area (Å²) in [6.07, 6.45) is -1.13. The van der Waals surface area contributed by atoms with Gasteiger partial charge in [-0.1, -0.05) is 30.3 Å². The van der Waals surface area contributed by atoms with Crippen molar-refractivity contribution >= 4 is 29.2 Å². The maximum atomic E-state index is 12.2. The highest BCUT2D eigenvalue weighted by atomic mass is 32.1. The number of nitrogens with zero attached hydrogens (tertiary/aromatic N) is 1. The van der Waals surface area contributed by atoms with Crippen molar-refractivity contribution in [1.82, 2.24) is 15.6 Å². The molecule has 2 rings (SSSR count). The van der Waals surface area contributed by atoms with Crippen LogP contribution in [0.4, 0.5) is 4.79 Å². The van der Waals surface area contributed by atoms with Gasteiger partial charge in [-0.15, -0.1) is 11.3 Å². The lowest BCUT2D eigenvalue weighted by Gasteiger charge is -2.21. The number of hydrogen-bond donors (Lipinski definition) is 2. The first-order valence-electron chi connectivity index (χ1n) is 8.00. The monoisotopic (exact) mass is 375 g/mol. The Bertz CT molecular complexity index is 796. The zero-order valence-corrected chi connectivity index (χ0v) is 15.8. The van der Waals surface area contributed by atoms with Gasteiger partial charge in [0.15, 0.2) is 11.8 Å². The number of benzene rings is 1. The number of rotatable bonds is 4. The molecule has 138 valence electrons. The normalized spacial score (nSPS) is 12.2. The van der Waals surface area contributed by atoms with Gasteiger partial charge in [-0.05, 0) is 27.7 Å². The quantitative estimate of drug-likeness (QED) is 0.801. The van der Waals surface area contributed by atoms with Gasteiger partial charge in [0.05, 0.1) is 0 Å². The SMILES string of the molecule is C[C@@H](OC(=O)c1csc(-c2ccccc2)n1)C(=O)NC(=O)NC(C)(C)C. The van der Waals surface area contributed by atoms with E-state index in [1.807, 2.05) is 30.3 Å². The first-order valence-corrected chi connectivity index (χ1v) is 8.88. The van der Waals surface area contributed by atoms with Gasteiger partial charge in [0, 0.05) is 16.5 Å². The molecular weight excluding hydrogens is 354 g/mol. The van der Waals surface area contributed by atoms with E-state index in [9.17, 15) is 14.4 Å². The van der Waals surface area contributed by atoms with E-state index < -0.39 is 29.6 Å². The topological polar surface area (TPSA) is 97.4 Å². The summed E-state index contributed by atoms with van der Waals surface area (Å²) in [6, 6.07) is 8.77. The molecule has 2 N–H and O–H groups in total. The molecule has 1 aromatic heterocycles. The van der Waals surface area contributed by atoms with Crippen LogP contribution in [0.2, 0.25) is 0 Å². The average Bonchev–Trinajstić information content (AvgIpc) is 3.03. The van der Waals surface area contributed by atoms with Crippen molar-refractivity contribution in [2.75, 3.05) is 0 Å². The Morgan fingerprint density at radius 1 is 1.15 bits per heavy atom. The molecule has 3 amide bonds. The van der Waals surface area contributed by atoms with E-state index in [4.69, 9.17) is 4.74 Å². The highest BCUT2D eigenvalue weighted by Crippen LogP contribution is 2.23. The first kappa shape index (κ1) is 19.6. The fraction of sp³-hybridized carbons (Fsp3) is 0.333. The predicted octanol–water partition coefficient (Wildman–Crippen LogP) is 2.98. The number of nitrogens with one attached hydrogen (secondary N) is 2. The summed E-state index contributed by atoms with van der Waals surface area (Å²) in [5.74, 6) is -1.43. The van der Waals surface area contributed by atoms with E-state index in [1.54, 1.807) is 26.2 Å². The second-order valence-electron chi connectivity index (χ2n) is 6.64. The zero-order valence-electron chi connectivity index (χ0n) is 15.0. The first-order chi connectivity index (χ1) is 12.2. The summed E-state index contributed by atoms with van der Waals surface area (Å²) in [6.45, 7) is 6.75. The molecule has 7 nitrogen and oxygen atoms in total. The molecule has 1 heterocycles. The summed E-state index contributed by atoms with van der Waals surface area (Å²) in [4.78, 5) is 40.1. The third-order valence-electron chi connectivity index (χ3n) is 3.11. The number of esters is 1. The van der Waals surface area contributed by atoms with Crippen molar-refractivity contribution in [2.45, 2.75) is 39.3 Å². The number of imide groups is 1. The minimum atomic E-state index is -1.13. The molecule has 2 aromatic rings. The molecule has 0 spiro atoms. The molecule has 0 saturated carbocycles. The van der Waals surface area contributed by atoms with Crippen molar-refractivity contribution in [3.05, 3.63) is 41.4 Å². The molecule has 0 aliphatic heterocycles.